The minimum Gasteiger partial charge on any atom is -0.488 e. The summed E-state index contributed by atoms with van der Waals surface area (Å²) in [6.07, 6.45) is 4.02. The molecule has 0 saturated carbocycles. The number of carbonyl (C=O) groups is 1. The van der Waals surface area contributed by atoms with E-state index in [1.807, 2.05) is 36.5 Å². The summed E-state index contributed by atoms with van der Waals surface area (Å²) in [4.78, 5) is 26.4. The van der Waals surface area contributed by atoms with Gasteiger partial charge in [-0.25, -0.2) is 0 Å². The van der Waals surface area contributed by atoms with Crippen LogP contribution in [-0.4, -0.2) is 22.4 Å². The van der Waals surface area contributed by atoms with Crippen molar-refractivity contribution in [3.63, 3.8) is 0 Å². The Balaban J connectivity index is 1.42. The molecule has 2 N–H and O–H groups in total. The number of rotatable bonds is 9. The second kappa shape index (κ2) is 10.8. The third-order valence-electron chi connectivity index (χ3n) is 5.45. The van der Waals surface area contributed by atoms with Gasteiger partial charge in [-0.2, -0.15) is 5.26 Å². The summed E-state index contributed by atoms with van der Waals surface area (Å²) in [7, 11) is 0. The maximum absolute atomic E-state index is 12.6. The van der Waals surface area contributed by atoms with Crippen LogP contribution >= 0.6 is 0 Å². The molecule has 0 bridgehead atoms. The fourth-order valence-electron chi connectivity index (χ4n) is 3.70. The predicted octanol–water partition coefficient (Wildman–Crippen LogP) is 4.92. The molecule has 0 unspecified atom stereocenters. The summed E-state index contributed by atoms with van der Waals surface area (Å²) in [5.74, 6) is -0.0147. The van der Waals surface area contributed by atoms with Crippen molar-refractivity contribution in [3.8, 4) is 11.8 Å². The van der Waals surface area contributed by atoms with Crippen molar-refractivity contribution in [3.05, 3.63) is 111 Å². The first-order chi connectivity index (χ1) is 17.0. The molecule has 8 nitrogen and oxygen atoms in total. The first-order valence-corrected chi connectivity index (χ1v) is 11.0. The van der Waals surface area contributed by atoms with E-state index in [0.717, 1.165) is 16.5 Å². The summed E-state index contributed by atoms with van der Waals surface area (Å²) in [6, 6.07) is 23.1. The summed E-state index contributed by atoms with van der Waals surface area (Å²) in [6.45, 7) is 0.482. The first-order valence-electron chi connectivity index (χ1n) is 11.0. The van der Waals surface area contributed by atoms with E-state index in [-0.39, 0.29) is 17.9 Å². The Morgan fingerprint density at radius 3 is 2.74 bits per heavy atom. The number of para-hydroxylation sites is 2. The Labute approximate surface area is 201 Å². The molecule has 1 heterocycles. The van der Waals surface area contributed by atoms with Crippen LogP contribution < -0.4 is 10.1 Å². The van der Waals surface area contributed by atoms with Crippen LogP contribution in [0.25, 0.3) is 17.0 Å². The van der Waals surface area contributed by atoms with Crippen LogP contribution in [0.3, 0.4) is 0 Å². The van der Waals surface area contributed by atoms with E-state index in [2.05, 4.69) is 10.3 Å². The van der Waals surface area contributed by atoms with E-state index in [9.17, 15) is 20.2 Å². The second-order valence-electron chi connectivity index (χ2n) is 7.79. The highest BCUT2D eigenvalue weighted by molar-refractivity contribution is 6.02. The van der Waals surface area contributed by atoms with Gasteiger partial charge in [-0.15, -0.1) is 0 Å². The standard InChI is InChI=1S/C27H22N4O4/c28-16-22(27(32)29-13-12-21-17-30-25-10-3-2-9-24(21)25)15-20-7-1-4-11-26(20)35-18-19-6-5-8-23(14-19)31(33)34/h1-11,14-15,17,30H,12-13,18H2,(H,29,32)/b22-15-. The molecule has 35 heavy (non-hydrogen) atoms. The lowest BCUT2D eigenvalue weighted by Crippen LogP contribution is -2.26. The Morgan fingerprint density at radius 2 is 1.91 bits per heavy atom. The van der Waals surface area contributed by atoms with Crippen LogP contribution in [0, 0.1) is 21.4 Å². The van der Waals surface area contributed by atoms with Crippen LogP contribution in [0.2, 0.25) is 0 Å². The van der Waals surface area contributed by atoms with Crippen molar-refractivity contribution < 1.29 is 14.5 Å². The number of fused-ring (bicyclic) bond motifs is 1. The van der Waals surface area contributed by atoms with Crippen molar-refractivity contribution in [2.45, 2.75) is 13.0 Å². The number of nitrogens with one attached hydrogen (secondary N) is 2. The average Bonchev–Trinajstić information content (AvgIpc) is 3.29. The number of ether oxygens (including phenoxy) is 1. The Bertz CT molecular complexity index is 1450. The molecular weight excluding hydrogens is 444 g/mol. The molecule has 1 amide bonds. The number of nitriles is 1. The smallest absolute Gasteiger partial charge is 0.269 e. The van der Waals surface area contributed by atoms with Crippen molar-refractivity contribution in [2.75, 3.05) is 6.54 Å². The molecule has 0 radical (unpaired) electrons. The highest BCUT2D eigenvalue weighted by Crippen LogP contribution is 2.23. The number of hydrogen-bond donors (Lipinski definition) is 2. The number of benzene rings is 3. The zero-order valence-corrected chi connectivity index (χ0v) is 18.7. The molecular formula is C27H22N4O4. The van der Waals surface area contributed by atoms with Crippen LogP contribution in [-0.2, 0) is 17.8 Å². The highest BCUT2D eigenvalue weighted by Gasteiger charge is 2.12. The number of nitro groups is 1. The molecule has 4 aromatic rings. The predicted molar refractivity (Wildman–Crippen MR) is 132 cm³/mol. The Morgan fingerprint density at radius 1 is 1.11 bits per heavy atom. The molecule has 4 rings (SSSR count). The van der Waals surface area contributed by atoms with Crippen LogP contribution in [0.1, 0.15) is 16.7 Å². The van der Waals surface area contributed by atoms with Gasteiger partial charge in [0.05, 0.1) is 4.92 Å². The zero-order valence-electron chi connectivity index (χ0n) is 18.7. The van der Waals surface area contributed by atoms with E-state index in [1.165, 1.54) is 18.2 Å². The number of nitro benzene ring substituents is 1. The summed E-state index contributed by atoms with van der Waals surface area (Å²) in [5, 5.41) is 24.5. The van der Waals surface area contributed by atoms with Crippen molar-refractivity contribution in [2.24, 2.45) is 0 Å². The monoisotopic (exact) mass is 466 g/mol. The zero-order chi connectivity index (χ0) is 24.6. The molecule has 3 aromatic carbocycles. The van der Waals surface area contributed by atoms with Crippen molar-refractivity contribution >= 4 is 28.6 Å². The largest absolute Gasteiger partial charge is 0.488 e. The van der Waals surface area contributed by atoms with Gasteiger partial charge in [0.25, 0.3) is 11.6 Å². The molecule has 0 atom stereocenters. The van der Waals surface area contributed by atoms with Crippen molar-refractivity contribution in [1.29, 1.82) is 5.26 Å². The maximum atomic E-state index is 12.6. The normalized spacial score (nSPS) is 11.1. The van der Waals surface area contributed by atoms with Gasteiger partial charge in [0.15, 0.2) is 0 Å². The van der Waals surface area contributed by atoms with Crippen LogP contribution in [0.4, 0.5) is 5.69 Å². The lowest BCUT2D eigenvalue weighted by atomic mass is 10.1. The van der Waals surface area contributed by atoms with Crippen molar-refractivity contribution in [1.82, 2.24) is 10.3 Å². The number of nitrogens with zero attached hydrogens (tertiary/aromatic N) is 2. The van der Waals surface area contributed by atoms with Gasteiger partial charge >= 0.3 is 0 Å². The number of aromatic amines is 1. The van der Waals surface area contributed by atoms with E-state index >= 15 is 0 Å². The molecule has 8 heteroatoms. The van der Waals surface area contributed by atoms with E-state index in [0.29, 0.717) is 29.8 Å². The number of aromatic nitrogens is 1. The molecule has 0 saturated heterocycles. The molecule has 0 aliphatic heterocycles. The summed E-state index contributed by atoms with van der Waals surface area (Å²) >= 11 is 0. The van der Waals surface area contributed by atoms with Crippen LogP contribution in [0.5, 0.6) is 5.75 Å². The van der Waals surface area contributed by atoms with Gasteiger partial charge in [0.1, 0.15) is 24.0 Å². The van der Waals surface area contributed by atoms with Gasteiger partial charge in [0, 0.05) is 41.3 Å². The number of carbonyl (C=O) groups excluding carboxylic acids is 1. The Kier molecular flexibility index (Phi) is 7.19. The third kappa shape index (κ3) is 5.72. The van der Waals surface area contributed by atoms with Gasteiger partial charge in [-0.1, -0.05) is 48.5 Å². The minimum atomic E-state index is -0.471. The molecule has 0 spiro atoms. The van der Waals surface area contributed by atoms with Gasteiger partial charge < -0.3 is 15.0 Å². The fourth-order valence-corrected chi connectivity index (χ4v) is 3.70. The lowest BCUT2D eigenvalue weighted by Gasteiger charge is -2.10. The van der Waals surface area contributed by atoms with E-state index in [1.54, 1.807) is 36.4 Å². The highest BCUT2D eigenvalue weighted by atomic mass is 16.6. The van der Waals surface area contributed by atoms with Gasteiger partial charge in [-0.05, 0) is 35.8 Å². The van der Waals surface area contributed by atoms with Gasteiger partial charge in [-0.3, -0.25) is 14.9 Å². The average molecular weight is 466 g/mol. The van der Waals surface area contributed by atoms with E-state index in [4.69, 9.17) is 4.74 Å². The molecule has 0 aliphatic rings. The summed E-state index contributed by atoms with van der Waals surface area (Å²) < 4.78 is 5.84. The Hall–Kier alpha value is -4.90. The molecule has 0 aliphatic carbocycles. The van der Waals surface area contributed by atoms with Gasteiger partial charge in [0.2, 0.25) is 0 Å². The molecule has 1 aromatic heterocycles. The number of amides is 1. The SMILES string of the molecule is N#C/C(=C/c1ccccc1OCc1cccc([N+](=O)[O-])c1)C(=O)NCCc1c[nH]c2ccccc12. The maximum Gasteiger partial charge on any atom is 0.269 e. The minimum absolute atomic E-state index is 0.0182. The fraction of sp³-hybridized carbons (Fsp3) is 0.111. The number of non-ortho nitro benzene ring substituents is 1. The second-order valence-corrected chi connectivity index (χ2v) is 7.79. The first kappa shape index (κ1) is 23.3. The third-order valence-corrected chi connectivity index (χ3v) is 5.45. The van der Waals surface area contributed by atoms with Crippen LogP contribution in [0.15, 0.2) is 84.6 Å². The van der Waals surface area contributed by atoms with E-state index < -0.39 is 10.8 Å². The topological polar surface area (TPSA) is 121 Å². The molecule has 174 valence electrons. The number of H-pyrrole nitrogens is 1. The number of hydrogen-bond acceptors (Lipinski definition) is 5. The summed E-state index contributed by atoms with van der Waals surface area (Å²) in [5.41, 5.74) is 3.25. The molecule has 0 fully saturated rings. The quantitative estimate of drug-likeness (QED) is 0.157. The lowest BCUT2D eigenvalue weighted by molar-refractivity contribution is -0.384.